The Morgan fingerprint density at radius 1 is 1.21 bits per heavy atom. The molecule has 0 bridgehead atoms. The van der Waals surface area contributed by atoms with Gasteiger partial charge in [0.05, 0.1) is 5.69 Å². The molecule has 1 aromatic heterocycles. The molecule has 29 heavy (non-hydrogen) atoms. The number of aromatic nitrogens is 2. The average Bonchev–Trinajstić information content (AvgIpc) is 2.70. The minimum Gasteiger partial charge on any atom is -0.504 e. The van der Waals surface area contributed by atoms with Gasteiger partial charge in [0.2, 0.25) is 0 Å². The van der Waals surface area contributed by atoms with Gasteiger partial charge in [0.1, 0.15) is 12.4 Å². The second-order valence-electron chi connectivity index (χ2n) is 7.22. The summed E-state index contributed by atoms with van der Waals surface area (Å²) in [5.74, 6) is -1.38. The number of benzene rings is 1. The van der Waals surface area contributed by atoms with E-state index in [0.29, 0.717) is 23.9 Å². The Balaban J connectivity index is 1.64. The zero-order valence-corrected chi connectivity index (χ0v) is 16.3. The first-order chi connectivity index (χ1) is 13.8. The van der Waals surface area contributed by atoms with Crippen molar-refractivity contribution in [3.63, 3.8) is 0 Å². The van der Waals surface area contributed by atoms with Crippen LogP contribution in [0.5, 0.6) is 5.75 Å². The fourth-order valence-electron chi connectivity index (χ4n) is 3.45. The summed E-state index contributed by atoms with van der Waals surface area (Å²) in [7, 11) is 0. The average molecular weight is 399 g/mol. The zero-order chi connectivity index (χ0) is 21.0. The maximum absolute atomic E-state index is 12.2. The topological polar surface area (TPSA) is 142 Å². The largest absolute Gasteiger partial charge is 0.504 e. The third-order valence-corrected chi connectivity index (χ3v) is 5.06. The number of aryl methyl sites for hydroxylation is 1. The second-order valence-corrected chi connectivity index (χ2v) is 7.22. The molecule has 1 aliphatic heterocycles. The van der Waals surface area contributed by atoms with Crippen LogP contribution in [0, 0.1) is 12.8 Å². The van der Waals surface area contributed by atoms with Crippen LogP contribution in [0.25, 0.3) is 0 Å². The Morgan fingerprint density at radius 3 is 2.48 bits per heavy atom. The number of carboxylic acids is 1. The van der Waals surface area contributed by atoms with Gasteiger partial charge in [-0.15, -0.1) is 0 Å². The van der Waals surface area contributed by atoms with Gasteiger partial charge < -0.3 is 26.2 Å². The van der Waals surface area contributed by atoms with E-state index in [2.05, 4.69) is 20.2 Å². The van der Waals surface area contributed by atoms with Gasteiger partial charge in [-0.05, 0) is 49.9 Å². The lowest BCUT2D eigenvalue weighted by atomic mass is 9.92. The molecule has 0 aliphatic carbocycles. The molecule has 0 unspecified atom stereocenters. The Morgan fingerprint density at radius 2 is 1.86 bits per heavy atom. The van der Waals surface area contributed by atoms with Crippen LogP contribution in [0.15, 0.2) is 24.3 Å². The molecule has 1 amide bonds. The normalized spacial score (nSPS) is 14.6. The lowest BCUT2D eigenvalue weighted by molar-refractivity contribution is -0.135. The second kappa shape index (κ2) is 8.76. The lowest BCUT2D eigenvalue weighted by Gasteiger charge is -2.33. The number of amides is 1. The van der Waals surface area contributed by atoms with Crippen LogP contribution in [0.3, 0.4) is 0 Å². The Kier molecular flexibility index (Phi) is 6.16. The Bertz CT molecular complexity index is 892. The maximum atomic E-state index is 12.2. The number of piperidine rings is 1. The fraction of sp³-hybridized carbons (Fsp3) is 0.400. The molecular formula is C20H25N5O4. The van der Waals surface area contributed by atoms with E-state index in [-0.39, 0.29) is 11.4 Å². The number of nitrogens with zero attached hydrogens (tertiary/aromatic N) is 3. The minimum absolute atomic E-state index is 0.187. The third-order valence-electron chi connectivity index (χ3n) is 5.06. The van der Waals surface area contributed by atoms with Gasteiger partial charge in [-0.2, -0.15) is 0 Å². The van der Waals surface area contributed by atoms with Crippen molar-refractivity contribution in [2.45, 2.75) is 26.2 Å². The smallest absolute Gasteiger partial charge is 0.322 e. The van der Waals surface area contributed by atoms with Gasteiger partial charge in [-0.3, -0.25) is 9.59 Å². The molecule has 0 spiro atoms. The summed E-state index contributed by atoms with van der Waals surface area (Å²) in [6, 6.07) is 7.82. The van der Waals surface area contributed by atoms with Crippen molar-refractivity contribution in [1.29, 1.82) is 0 Å². The van der Waals surface area contributed by atoms with Crippen molar-refractivity contribution in [1.82, 2.24) is 15.3 Å². The number of aliphatic carboxylic acids is 1. The molecular weight excluding hydrogens is 374 g/mol. The molecule has 2 aromatic rings. The van der Waals surface area contributed by atoms with Crippen LogP contribution in [-0.2, 0) is 11.2 Å². The van der Waals surface area contributed by atoms with Crippen molar-refractivity contribution in [3.05, 3.63) is 41.5 Å². The highest BCUT2D eigenvalue weighted by Gasteiger charge is 2.23. The number of nitrogens with one attached hydrogen (secondary N) is 1. The van der Waals surface area contributed by atoms with E-state index in [0.717, 1.165) is 37.3 Å². The summed E-state index contributed by atoms with van der Waals surface area (Å²) in [4.78, 5) is 33.6. The van der Waals surface area contributed by atoms with E-state index in [9.17, 15) is 14.7 Å². The first-order valence-electron chi connectivity index (χ1n) is 9.50. The zero-order valence-electron chi connectivity index (χ0n) is 16.3. The minimum atomic E-state index is -1.17. The highest BCUT2D eigenvalue weighted by Crippen LogP contribution is 2.27. The number of hydrogen-bond donors (Lipinski definition) is 4. The summed E-state index contributed by atoms with van der Waals surface area (Å²) in [5, 5.41) is 21.0. The van der Waals surface area contributed by atoms with E-state index < -0.39 is 18.4 Å². The van der Waals surface area contributed by atoms with Crippen molar-refractivity contribution in [2.24, 2.45) is 5.92 Å². The van der Waals surface area contributed by atoms with Crippen LogP contribution < -0.4 is 16.0 Å². The van der Waals surface area contributed by atoms with Crippen molar-refractivity contribution >= 4 is 23.3 Å². The molecule has 1 fully saturated rings. The molecule has 3 rings (SSSR count). The number of hydrogen-bond acceptors (Lipinski definition) is 7. The monoisotopic (exact) mass is 399 g/mol. The first kappa shape index (κ1) is 20.4. The van der Waals surface area contributed by atoms with Crippen LogP contribution in [0.2, 0.25) is 0 Å². The standard InChI is InChI=1S/C20H25N5O4/c1-12-19(28)18(20(29)22-11-17(26)27)24-16(23-12)10-13-6-8-25(9-7-13)15-4-2-14(21)3-5-15/h2-5,13,28H,6-11,21H2,1H3,(H,22,29)(H,26,27). The maximum Gasteiger partial charge on any atom is 0.322 e. The fourth-order valence-corrected chi connectivity index (χ4v) is 3.45. The van der Waals surface area contributed by atoms with E-state index in [4.69, 9.17) is 10.8 Å². The van der Waals surface area contributed by atoms with Gasteiger partial charge in [0.25, 0.3) is 5.91 Å². The van der Waals surface area contributed by atoms with Crippen molar-refractivity contribution in [2.75, 3.05) is 30.3 Å². The number of nitrogen functional groups attached to an aromatic ring is 1. The van der Waals surface area contributed by atoms with Gasteiger partial charge in [0, 0.05) is 30.9 Å². The van der Waals surface area contributed by atoms with E-state index >= 15 is 0 Å². The van der Waals surface area contributed by atoms with Crippen LogP contribution in [-0.4, -0.2) is 51.7 Å². The number of aromatic hydroxyl groups is 1. The highest BCUT2D eigenvalue weighted by atomic mass is 16.4. The van der Waals surface area contributed by atoms with Crippen LogP contribution >= 0.6 is 0 Å². The van der Waals surface area contributed by atoms with Crippen LogP contribution in [0.4, 0.5) is 11.4 Å². The Labute approximate surface area is 168 Å². The van der Waals surface area contributed by atoms with E-state index in [1.807, 2.05) is 24.3 Å². The van der Waals surface area contributed by atoms with E-state index in [1.54, 1.807) is 6.92 Å². The highest BCUT2D eigenvalue weighted by molar-refractivity contribution is 5.96. The summed E-state index contributed by atoms with van der Waals surface area (Å²) < 4.78 is 0. The molecule has 5 N–H and O–H groups in total. The van der Waals surface area contributed by atoms with E-state index in [1.165, 1.54) is 0 Å². The molecule has 0 saturated carbocycles. The van der Waals surface area contributed by atoms with Gasteiger partial charge in [0.15, 0.2) is 11.4 Å². The Hall–Kier alpha value is -3.36. The van der Waals surface area contributed by atoms with Gasteiger partial charge in [-0.25, -0.2) is 9.97 Å². The SMILES string of the molecule is Cc1nc(CC2CCN(c3ccc(N)cc3)CC2)nc(C(=O)NCC(=O)O)c1O. The molecule has 0 atom stereocenters. The summed E-state index contributed by atoms with van der Waals surface area (Å²) in [6.07, 6.45) is 2.50. The molecule has 154 valence electrons. The van der Waals surface area contributed by atoms with Gasteiger partial charge in [-0.1, -0.05) is 0 Å². The predicted octanol–water partition coefficient (Wildman–Crippen LogP) is 1.35. The predicted molar refractivity (Wildman–Crippen MR) is 108 cm³/mol. The third kappa shape index (κ3) is 5.13. The molecule has 9 heteroatoms. The van der Waals surface area contributed by atoms with Crippen molar-refractivity contribution < 1.29 is 19.8 Å². The number of carbonyl (C=O) groups is 2. The lowest BCUT2D eigenvalue weighted by Crippen LogP contribution is -2.34. The molecule has 9 nitrogen and oxygen atoms in total. The number of carboxylic acid groups (broad SMARTS) is 1. The summed E-state index contributed by atoms with van der Waals surface area (Å²) >= 11 is 0. The summed E-state index contributed by atoms with van der Waals surface area (Å²) in [6.45, 7) is 2.85. The number of nitrogens with two attached hydrogens (primary N) is 1. The first-order valence-corrected chi connectivity index (χ1v) is 9.50. The number of anilines is 2. The molecule has 0 radical (unpaired) electrons. The molecule has 1 aliphatic rings. The number of carbonyl (C=O) groups excluding carboxylic acids is 1. The molecule has 1 saturated heterocycles. The summed E-state index contributed by atoms with van der Waals surface area (Å²) in [5.41, 5.74) is 7.75. The molecule has 2 heterocycles. The molecule has 1 aromatic carbocycles. The quantitative estimate of drug-likeness (QED) is 0.533. The van der Waals surface area contributed by atoms with Gasteiger partial charge >= 0.3 is 5.97 Å². The van der Waals surface area contributed by atoms with Crippen molar-refractivity contribution in [3.8, 4) is 5.75 Å². The van der Waals surface area contributed by atoms with Crippen LogP contribution in [0.1, 0.15) is 34.8 Å². The number of rotatable bonds is 6.